The largest absolute Gasteiger partial charge is 0.358 e. The van der Waals surface area contributed by atoms with Gasteiger partial charge >= 0.3 is 0 Å². The van der Waals surface area contributed by atoms with Crippen LogP contribution < -0.4 is 16.0 Å². The lowest BCUT2D eigenvalue weighted by molar-refractivity contribution is 0.373. The van der Waals surface area contributed by atoms with Gasteiger partial charge in [0.25, 0.3) is 0 Å². The van der Waals surface area contributed by atoms with Crippen molar-refractivity contribution in [1.29, 1.82) is 0 Å². The lowest BCUT2D eigenvalue weighted by atomic mass is 9.93. The van der Waals surface area contributed by atoms with Crippen LogP contribution in [-0.2, 0) is 6.54 Å². The van der Waals surface area contributed by atoms with Crippen LogP contribution in [0.1, 0.15) is 38.7 Å². The zero-order valence-electron chi connectivity index (χ0n) is 29.5. The fourth-order valence-electron chi connectivity index (χ4n) is 6.26. The van der Waals surface area contributed by atoms with Crippen LogP contribution in [0, 0.1) is 11.7 Å². The van der Waals surface area contributed by atoms with Crippen molar-refractivity contribution in [3.63, 3.8) is 0 Å². The van der Waals surface area contributed by atoms with E-state index in [9.17, 15) is 4.39 Å². The van der Waals surface area contributed by atoms with E-state index in [-0.39, 0.29) is 5.82 Å². The Labute approximate surface area is 295 Å². The van der Waals surface area contributed by atoms with Crippen molar-refractivity contribution in [1.82, 2.24) is 35.8 Å². The first-order valence-corrected chi connectivity index (χ1v) is 17.1. The van der Waals surface area contributed by atoms with Crippen molar-refractivity contribution in [3.05, 3.63) is 123 Å². The van der Waals surface area contributed by atoms with Gasteiger partial charge in [-0.15, -0.1) is 26.3 Å². The molecule has 4 aromatic heterocycles. The van der Waals surface area contributed by atoms with Crippen LogP contribution in [0.3, 0.4) is 0 Å². The number of aromatic nitrogens is 5. The highest BCUT2D eigenvalue weighted by Gasteiger charge is 2.17. The smallest absolute Gasteiger partial charge is 0.124 e. The van der Waals surface area contributed by atoms with Gasteiger partial charge in [0.2, 0.25) is 0 Å². The first-order chi connectivity index (χ1) is 24.5. The molecule has 0 saturated carbocycles. The molecule has 0 amide bonds. The fourth-order valence-corrected chi connectivity index (χ4v) is 6.26. The zero-order valence-corrected chi connectivity index (χ0v) is 29.5. The maximum Gasteiger partial charge on any atom is 0.124 e. The van der Waals surface area contributed by atoms with Gasteiger partial charge in [0.1, 0.15) is 11.5 Å². The minimum Gasteiger partial charge on any atom is -0.358 e. The van der Waals surface area contributed by atoms with E-state index in [1.165, 1.54) is 18.9 Å². The van der Waals surface area contributed by atoms with Crippen LogP contribution >= 0.6 is 0 Å². The summed E-state index contributed by atoms with van der Waals surface area (Å²) in [6.45, 7) is 23.0. The van der Waals surface area contributed by atoms with Crippen LogP contribution in [0.5, 0.6) is 0 Å². The van der Waals surface area contributed by atoms with Crippen LogP contribution in [0.25, 0.3) is 55.6 Å². The van der Waals surface area contributed by atoms with E-state index in [2.05, 4.69) is 92.2 Å². The van der Waals surface area contributed by atoms with E-state index in [0.717, 1.165) is 92.0 Å². The molecule has 0 unspecified atom stereocenters. The third-order valence-electron chi connectivity index (χ3n) is 8.36. The molecule has 260 valence electrons. The van der Waals surface area contributed by atoms with Gasteiger partial charge in [-0.2, -0.15) is 5.10 Å². The van der Waals surface area contributed by atoms with Crippen LogP contribution in [0.15, 0.2) is 112 Å². The highest BCUT2D eigenvalue weighted by atomic mass is 19.1. The highest BCUT2D eigenvalue weighted by Crippen LogP contribution is 2.35. The summed E-state index contributed by atoms with van der Waals surface area (Å²) < 4.78 is 14.5. The maximum absolute atomic E-state index is 14.5. The molecule has 8 nitrogen and oxygen atoms in total. The summed E-state index contributed by atoms with van der Waals surface area (Å²) in [5.41, 5.74) is 9.81. The Hall–Kier alpha value is -5.38. The summed E-state index contributed by atoms with van der Waals surface area (Å²) in [7, 11) is 1.85. The molecule has 5 heterocycles. The Kier molecular flexibility index (Phi) is 13.8. The number of rotatable bonds is 9. The number of allylic oxidation sites excluding steroid dienone is 1. The van der Waals surface area contributed by atoms with Gasteiger partial charge < -0.3 is 20.9 Å². The number of hydrogen-bond donors (Lipinski definition) is 5. The molecule has 0 aliphatic carbocycles. The van der Waals surface area contributed by atoms with Crippen LogP contribution in [-0.4, -0.2) is 45.3 Å². The third kappa shape index (κ3) is 8.80. The Morgan fingerprint density at radius 1 is 0.860 bits per heavy atom. The van der Waals surface area contributed by atoms with Gasteiger partial charge in [0.05, 0.1) is 28.8 Å². The summed E-state index contributed by atoms with van der Waals surface area (Å²) in [6, 6.07) is 17.4. The average molecular weight is 673 g/mol. The molecule has 1 saturated heterocycles. The molecule has 0 spiro atoms. The summed E-state index contributed by atoms with van der Waals surface area (Å²) in [5.74, 6) is 0.378. The molecule has 5 N–H and O–H groups in total. The number of benzene rings is 2. The van der Waals surface area contributed by atoms with E-state index in [4.69, 9.17) is 0 Å². The predicted octanol–water partition coefficient (Wildman–Crippen LogP) is 9.64. The second kappa shape index (κ2) is 18.4. The van der Waals surface area contributed by atoms with E-state index < -0.39 is 0 Å². The quantitative estimate of drug-likeness (QED) is 0.0980. The van der Waals surface area contributed by atoms with Gasteiger partial charge in [-0.3, -0.25) is 15.1 Å². The van der Waals surface area contributed by atoms with Crippen LogP contribution in [0.4, 0.5) is 10.1 Å². The van der Waals surface area contributed by atoms with Gasteiger partial charge in [-0.05, 0) is 105 Å². The molecule has 1 aliphatic rings. The van der Waals surface area contributed by atoms with Gasteiger partial charge in [0, 0.05) is 52.1 Å². The Bertz CT molecular complexity index is 2000. The molecule has 6 aromatic rings. The zero-order chi connectivity index (χ0) is 36.0. The molecular formula is C41H49FN8. The number of H-pyrrole nitrogens is 2. The second-order valence-electron chi connectivity index (χ2n) is 11.6. The van der Waals surface area contributed by atoms with Crippen LogP contribution in [0.2, 0.25) is 0 Å². The molecule has 1 fully saturated rings. The fraction of sp³-hybridized carbons (Fsp3) is 0.244. The Balaban J connectivity index is 0.000000890. The number of halogens is 1. The van der Waals surface area contributed by atoms with Crippen molar-refractivity contribution in [2.45, 2.75) is 39.7 Å². The average Bonchev–Trinajstić information content (AvgIpc) is 3.79. The molecule has 0 atom stereocenters. The molecule has 1 aliphatic heterocycles. The number of fused-ring (bicyclic) bond motifs is 2. The predicted molar refractivity (Wildman–Crippen MR) is 209 cm³/mol. The van der Waals surface area contributed by atoms with Gasteiger partial charge in [-0.25, -0.2) is 4.39 Å². The second-order valence-corrected chi connectivity index (χ2v) is 11.6. The summed E-state index contributed by atoms with van der Waals surface area (Å²) in [4.78, 5) is 12.7. The van der Waals surface area contributed by atoms with E-state index in [0.29, 0.717) is 12.5 Å². The number of nitrogens with one attached hydrogen (secondary N) is 5. The number of pyridine rings is 2. The minimum absolute atomic E-state index is 0.284. The number of piperidine rings is 1. The summed E-state index contributed by atoms with van der Waals surface area (Å²) in [5, 5.41) is 19.7. The van der Waals surface area contributed by atoms with Crippen molar-refractivity contribution in [2.24, 2.45) is 5.92 Å². The first-order valence-electron chi connectivity index (χ1n) is 17.1. The number of hydrogen-bond acceptors (Lipinski definition) is 6. The standard InChI is InChI=1S/C35H35FN8.C2H6.2C2H4/c1-21(11-22-5-8-38-9-6-22)41-28-15-26(19-39-20-28)24-3-4-32-29(16-24)35(44-43-32)33-17-30-31(42-33)7-10-40-34(30)25-12-23(18-37-2)13-27(36)14-25;3*1-2/h3-4,7,10,12-17,19-20,22,37-38,41-42H,1,5-6,8-9,11,18H2,2H3,(H,43,44);1-2H3;2*1-2H2. The maximum atomic E-state index is 14.5. The van der Waals surface area contributed by atoms with Crippen molar-refractivity contribution < 1.29 is 4.39 Å². The number of nitrogens with zero attached hydrogens (tertiary/aromatic N) is 3. The summed E-state index contributed by atoms with van der Waals surface area (Å²) >= 11 is 0. The third-order valence-corrected chi connectivity index (χ3v) is 8.36. The molecule has 0 bridgehead atoms. The van der Waals surface area contributed by atoms with Gasteiger partial charge in [0.15, 0.2) is 0 Å². The molecule has 50 heavy (non-hydrogen) atoms. The van der Waals surface area contributed by atoms with Crippen molar-refractivity contribution in [2.75, 3.05) is 25.5 Å². The Morgan fingerprint density at radius 3 is 2.38 bits per heavy atom. The van der Waals surface area contributed by atoms with Crippen molar-refractivity contribution >= 4 is 27.5 Å². The lowest BCUT2D eigenvalue weighted by Gasteiger charge is -2.23. The minimum atomic E-state index is -0.284. The Morgan fingerprint density at radius 2 is 1.62 bits per heavy atom. The number of anilines is 1. The first kappa shape index (κ1) is 37.4. The number of aromatic amines is 2. The molecule has 7 rings (SSSR count). The van der Waals surface area contributed by atoms with Crippen molar-refractivity contribution in [3.8, 4) is 33.8 Å². The summed E-state index contributed by atoms with van der Waals surface area (Å²) in [6.07, 6.45) is 8.80. The normalized spacial score (nSPS) is 12.6. The highest BCUT2D eigenvalue weighted by molar-refractivity contribution is 6.01. The van der Waals surface area contributed by atoms with E-state index >= 15 is 0 Å². The SMILES string of the molecule is C=C.C=C.C=C(CC1CCNCC1)Nc1cncc(-c2ccc3[nH]nc(-c4cc5c(-c6cc(F)cc(CNC)c6)nccc5[nH]4)c3c2)c1.CC. The molecule has 9 heteroatoms. The topological polar surface area (TPSA) is 106 Å². The molecule has 0 radical (unpaired) electrons. The van der Waals surface area contributed by atoms with E-state index in [1.807, 2.05) is 57.6 Å². The molecular weight excluding hydrogens is 624 g/mol. The monoisotopic (exact) mass is 672 g/mol. The lowest BCUT2D eigenvalue weighted by Crippen LogP contribution is -2.28. The van der Waals surface area contributed by atoms with E-state index in [1.54, 1.807) is 12.3 Å². The molecule has 2 aromatic carbocycles. The van der Waals surface area contributed by atoms with Gasteiger partial charge in [-0.1, -0.05) is 26.5 Å².